The minimum absolute atomic E-state index is 0.0589. The summed E-state index contributed by atoms with van der Waals surface area (Å²) in [5, 5.41) is 5.71. The Morgan fingerprint density at radius 2 is 2.22 bits per heavy atom. The van der Waals surface area contributed by atoms with Crippen molar-refractivity contribution in [3.63, 3.8) is 0 Å². The molecule has 0 spiro atoms. The van der Waals surface area contributed by atoms with Gasteiger partial charge in [-0.1, -0.05) is 11.6 Å². The summed E-state index contributed by atoms with van der Waals surface area (Å²) in [5.41, 5.74) is 0.687. The largest absolute Gasteiger partial charge is 0.459 e. The molecule has 1 saturated heterocycles. The number of carbonyl (C=O) groups excluding carboxylic acids is 2. The summed E-state index contributed by atoms with van der Waals surface area (Å²) in [6.07, 6.45) is 1.80. The lowest BCUT2D eigenvalue weighted by Crippen LogP contribution is -2.35. The second-order valence-electron chi connectivity index (χ2n) is 5.62. The SMILES string of the molecule is CC(C)OC(=O)c1ccc(Cl)c(NC(=O)NC[C@H]2CCCO2)c1. The lowest BCUT2D eigenvalue weighted by molar-refractivity contribution is 0.0378. The molecule has 126 valence electrons. The van der Waals surface area contributed by atoms with Crippen LogP contribution >= 0.6 is 11.6 Å². The van der Waals surface area contributed by atoms with Crippen molar-refractivity contribution in [3.8, 4) is 0 Å². The number of urea groups is 1. The highest BCUT2D eigenvalue weighted by atomic mass is 35.5. The van der Waals surface area contributed by atoms with Crippen LogP contribution in [0.1, 0.15) is 37.0 Å². The molecule has 0 unspecified atom stereocenters. The molecule has 0 aromatic heterocycles. The lowest BCUT2D eigenvalue weighted by atomic mass is 10.2. The number of rotatable bonds is 5. The number of hydrogen-bond acceptors (Lipinski definition) is 4. The molecular formula is C16H21ClN2O4. The van der Waals surface area contributed by atoms with E-state index in [9.17, 15) is 9.59 Å². The van der Waals surface area contributed by atoms with Gasteiger partial charge in [-0.15, -0.1) is 0 Å². The van der Waals surface area contributed by atoms with E-state index in [4.69, 9.17) is 21.1 Å². The number of amides is 2. The monoisotopic (exact) mass is 340 g/mol. The van der Waals surface area contributed by atoms with Gasteiger partial charge in [0.2, 0.25) is 0 Å². The van der Waals surface area contributed by atoms with Crippen molar-refractivity contribution >= 4 is 29.3 Å². The first-order valence-corrected chi connectivity index (χ1v) is 8.00. The third-order valence-corrected chi connectivity index (χ3v) is 3.64. The van der Waals surface area contributed by atoms with E-state index in [1.807, 2.05) is 0 Å². The van der Waals surface area contributed by atoms with Crippen molar-refractivity contribution < 1.29 is 19.1 Å². The van der Waals surface area contributed by atoms with Gasteiger partial charge in [0.25, 0.3) is 0 Å². The molecular weight excluding hydrogens is 320 g/mol. The number of hydrogen-bond donors (Lipinski definition) is 2. The molecule has 0 saturated carbocycles. The maximum absolute atomic E-state index is 11.9. The highest BCUT2D eigenvalue weighted by molar-refractivity contribution is 6.33. The van der Waals surface area contributed by atoms with Crippen LogP contribution in [0, 0.1) is 0 Å². The molecule has 1 atom stereocenters. The molecule has 2 amide bonds. The Labute approximate surface area is 140 Å². The van der Waals surface area contributed by atoms with Gasteiger partial charge in [-0.3, -0.25) is 0 Å². The van der Waals surface area contributed by atoms with Crippen molar-refractivity contribution in [2.45, 2.75) is 38.9 Å². The number of carbonyl (C=O) groups is 2. The van der Waals surface area contributed by atoms with Crippen molar-refractivity contribution in [1.29, 1.82) is 0 Å². The van der Waals surface area contributed by atoms with Gasteiger partial charge in [-0.05, 0) is 44.9 Å². The summed E-state index contributed by atoms with van der Waals surface area (Å²) in [6, 6.07) is 4.21. The summed E-state index contributed by atoms with van der Waals surface area (Å²) in [6.45, 7) is 4.72. The fourth-order valence-electron chi connectivity index (χ4n) is 2.21. The minimum Gasteiger partial charge on any atom is -0.459 e. The number of benzene rings is 1. The number of esters is 1. The first-order chi connectivity index (χ1) is 11.0. The van der Waals surface area contributed by atoms with Crippen LogP contribution in [0.5, 0.6) is 0 Å². The van der Waals surface area contributed by atoms with Crippen LogP contribution in [-0.4, -0.2) is 37.4 Å². The molecule has 6 nitrogen and oxygen atoms in total. The molecule has 0 aliphatic carbocycles. The molecule has 7 heteroatoms. The topological polar surface area (TPSA) is 76.7 Å². The molecule has 1 aromatic carbocycles. The Morgan fingerprint density at radius 1 is 1.43 bits per heavy atom. The van der Waals surface area contributed by atoms with E-state index in [0.717, 1.165) is 19.4 Å². The normalized spacial score (nSPS) is 17.1. The zero-order chi connectivity index (χ0) is 16.8. The summed E-state index contributed by atoms with van der Waals surface area (Å²) in [7, 11) is 0. The van der Waals surface area contributed by atoms with Crippen LogP contribution in [0.15, 0.2) is 18.2 Å². The van der Waals surface area contributed by atoms with E-state index in [1.165, 1.54) is 6.07 Å². The molecule has 0 bridgehead atoms. The van der Waals surface area contributed by atoms with Gasteiger partial charge in [-0.2, -0.15) is 0 Å². The summed E-state index contributed by atoms with van der Waals surface area (Å²) in [5.74, 6) is -0.459. The van der Waals surface area contributed by atoms with Gasteiger partial charge in [0, 0.05) is 13.2 Å². The number of ether oxygens (including phenoxy) is 2. The van der Waals surface area contributed by atoms with Crippen molar-refractivity contribution in [2.24, 2.45) is 0 Å². The van der Waals surface area contributed by atoms with Crippen LogP contribution in [0.3, 0.4) is 0 Å². The third-order valence-electron chi connectivity index (χ3n) is 3.31. The van der Waals surface area contributed by atoms with Crippen LogP contribution in [0.2, 0.25) is 5.02 Å². The van der Waals surface area contributed by atoms with Crippen LogP contribution in [0.4, 0.5) is 10.5 Å². The Kier molecular flexibility index (Phi) is 6.24. The van der Waals surface area contributed by atoms with Crippen LogP contribution < -0.4 is 10.6 Å². The molecule has 0 radical (unpaired) electrons. The maximum atomic E-state index is 11.9. The van der Waals surface area contributed by atoms with Crippen molar-refractivity contribution in [3.05, 3.63) is 28.8 Å². The van der Waals surface area contributed by atoms with E-state index in [2.05, 4.69) is 10.6 Å². The fourth-order valence-corrected chi connectivity index (χ4v) is 2.37. The number of halogens is 1. The van der Waals surface area contributed by atoms with E-state index < -0.39 is 12.0 Å². The lowest BCUT2D eigenvalue weighted by Gasteiger charge is -2.13. The fraction of sp³-hybridized carbons (Fsp3) is 0.500. The van der Waals surface area contributed by atoms with Gasteiger partial charge in [0.05, 0.1) is 28.5 Å². The maximum Gasteiger partial charge on any atom is 0.338 e. The molecule has 1 aliphatic heterocycles. The van der Waals surface area contributed by atoms with E-state index in [0.29, 0.717) is 22.8 Å². The van der Waals surface area contributed by atoms with Gasteiger partial charge in [0.15, 0.2) is 0 Å². The quantitative estimate of drug-likeness (QED) is 0.807. The Bertz CT molecular complexity index is 571. The average molecular weight is 341 g/mol. The molecule has 1 aromatic rings. The van der Waals surface area contributed by atoms with Crippen LogP contribution in [-0.2, 0) is 9.47 Å². The second kappa shape index (κ2) is 8.17. The smallest absolute Gasteiger partial charge is 0.338 e. The first kappa shape index (κ1) is 17.6. The minimum atomic E-state index is -0.459. The summed E-state index contributed by atoms with van der Waals surface area (Å²) in [4.78, 5) is 23.8. The summed E-state index contributed by atoms with van der Waals surface area (Å²) >= 11 is 6.06. The number of anilines is 1. The van der Waals surface area contributed by atoms with Gasteiger partial charge in [-0.25, -0.2) is 9.59 Å². The predicted octanol–water partition coefficient (Wildman–Crippen LogP) is 3.21. The average Bonchev–Trinajstić information content (AvgIpc) is 3.00. The Hall–Kier alpha value is -1.79. The Balaban J connectivity index is 1.95. The zero-order valence-electron chi connectivity index (χ0n) is 13.2. The summed E-state index contributed by atoms with van der Waals surface area (Å²) < 4.78 is 10.6. The predicted molar refractivity (Wildman–Crippen MR) is 88.0 cm³/mol. The van der Waals surface area contributed by atoms with Gasteiger partial charge in [0.1, 0.15) is 0 Å². The van der Waals surface area contributed by atoms with Crippen molar-refractivity contribution in [1.82, 2.24) is 5.32 Å². The first-order valence-electron chi connectivity index (χ1n) is 7.62. The van der Waals surface area contributed by atoms with Crippen molar-refractivity contribution in [2.75, 3.05) is 18.5 Å². The Morgan fingerprint density at radius 3 is 2.87 bits per heavy atom. The van der Waals surface area contributed by atoms with E-state index in [1.54, 1.807) is 26.0 Å². The molecule has 1 fully saturated rings. The van der Waals surface area contributed by atoms with Gasteiger partial charge >= 0.3 is 12.0 Å². The third kappa shape index (κ3) is 5.41. The number of nitrogens with one attached hydrogen (secondary N) is 2. The van der Waals surface area contributed by atoms with Crippen LogP contribution in [0.25, 0.3) is 0 Å². The highest BCUT2D eigenvalue weighted by Gasteiger charge is 2.17. The molecule has 2 rings (SSSR count). The molecule has 23 heavy (non-hydrogen) atoms. The molecule has 1 aliphatic rings. The molecule has 1 heterocycles. The second-order valence-corrected chi connectivity index (χ2v) is 6.03. The van der Waals surface area contributed by atoms with E-state index in [-0.39, 0.29) is 12.2 Å². The molecule has 2 N–H and O–H groups in total. The standard InChI is InChI=1S/C16H21ClN2O4/c1-10(2)23-15(20)11-5-6-13(17)14(8-11)19-16(21)18-9-12-4-3-7-22-12/h5-6,8,10,12H,3-4,7,9H2,1-2H3,(H2,18,19,21)/t12-/m1/s1. The van der Waals surface area contributed by atoms with Gasteiger partial charge < -0.3 is 20.1 Å². The zero-order valence-corrected chi connectivity index (χ0v) is 14.0. The van der Waals surface area contributed by atoms with E-state index >= 15 is 0 Å². The highest BCUT2D eigenvalue weighted by Crippen LogP contribution is 2.23.